The second-order valence-electron chi connectivity index (χ2n) is 4.80. The van der Waals surface area contributed by atoms with E-state index in [1.165, 1.54) is 12.1 Å². The number of benzene rings is 1. The lowest BCUT2D eigenvalue weighted by Gasteiger charge is -2.13. The Labute approximate surface area is 120 Å². The van der Waals surface area contributed by atoms with Crippen LogP contribution in [0.2, 0.25) is 0 Å². The molecular weight excluding hydrogens is 309 g/mol. The van der Waals surface area contributed by atoms with Gasteiger partial charge in [0.25, 0.3) is 0 Å². The summed E-state index contributed by atoms with van der Waals surface area (Å²) in [6.07, 6.45) is 0.568. The van der Waals surface area contributed by atoms with E-state index in [0.717, 1.165) is 32.7 Å². The summed E-state index contributed by atoms with van der Waals surface area (Å²) in [5, 5.41) is 0. The minimum absolute atomic E-state index is 0.199. The molecule has 0 spiro atoms. The predicted molar refractivity (Wildman–Crippen MR) is 77.7 cm³/mol. The van der Waals surface area contributed by atoms with Gasteiger partial charge in [0.05, 0.1) is 0 Å². The fourth-order valence-corrected chi connectivity index (χ4v) is 2.80. The Morgan fingerprint density at radius 1 is 1.26 bits per heavy atom. The van der Waals surface area contributed by atoms with Crippen molar-refractivity contribution in [3.63, 3.8) is 0 Å². The lowest BCUT2D eigenvalue weighted by atomic mass is 9.96. The van der Waals surface area contributed by atoms with Crippen LogP contribution in [0, 0.1) is 26.6 Å². The predicted octanol–water partition coefficient (Wildman–Crippen LogP) is 4.35. The maximum Gasteiger partial charge on any atom is 0.123 e. The number of nitrogens with two attached hydrogens (primary N) is 1. The summed E-state index contributed by atoms with van der Waals surface area (Å²) in [5.41, 5.74) is 9.23. The summed E-state index contributed by atoms with van der Waals surface area (Å²) in [6, 6.07) is 4.45. The summed E-state index contributed by atoms with van der Waals surface area (Å²) in [7, 11) is 0. The third kappa shape index (κ3) is 2.90. The fourth-order valence-electron chi connectivity index (χ4n) is 2.39. The monoisotopic (exact) mass is 325 g/mol. The summed E-state index contributed by atoms with van der Waals surface area (Å²) < 4.78 is 19.7. The highest BCUT2D eigenvalue weighted by atomic mass is 79.9. The Morgan fingerprint density at radius 2 is 1.95 bits per heavy atom. The third-order valence-corrected chi connectivity index (χ3v) is 4.21. The SMILES string of the molecule is Cc1oc(C)c(C(N)Cc2cc(F)ccc2Br)c1C. The molecule has 0 amide bonds. The normalized spacial score (nSPS) is 12.7. The van der Waals surface area contributed by atoms with E-state index in [0.29, 0.717) is 6.42 Å². The van der Waals surface area contributed by atoms with E-state index in [9.17, 15) is 4.39 Å². The van der Waals surface area contributed by atoms with Crippen LogP contribution in [0.3, 0.4) is 0 Å². The van der Waals surface area contributed by atoms with Crippen molar-refractivity contribution in [2.75, 3.05) is 0 Å². The van der Waals surface area contributed by atoms with E-state index < -0.39 is 0 Å². The summed E-state index contributed by atoms with van der Waals surface area (Å²) >= 11 is 3.43. The van der Waals surface area contributed by atoms with E-state index >= 15 is 0 Å². The maximum absolute atomic E-state index is 13.3. The van der Waals surface area contributed by atoms with Crippen LogP contribution in [0.15, 0.2) is 27.1 Å². The number of aryl methyl sites for hydroxylation is 2. The standard InChI is InChI=1S/C15H17BrFNO/c1-8-9(2)19-10(3)15(8)14(18)7-11-6-12(17)4-5-13(11)16/h4-6,14H,7,18H2,1-3H3. The van der Waals surface area contributed by atoms with Crippen molar-refractivity contribution in [3.05, 3.63) is 56.7 Å². The molecule has 0 saturated heterocycles. The van der Waals surface area contributed by atoms with Gasteiger partial charge in [0.2, 0.25) is 0 Å². The van der Waals surface area contributed by atoms with Crippen LogP contribution in [0.5, 0.6) is 0 Å². The topological polar surface area (TPSA) is 39.2 Å². The molecule has 2 nitrogen and oxygen atoms in total. The van der Waals surface area contributed by atoms with Gasteiger partial charge in [-0.2, -0.15) is 0 Å². The van der Waals surface area contributed by atoms with Gasteiger partial charge in [0, 0.05) is 16.1 Å². The zero-order chi connectivity index (χ0) is 14.2. The average molecular weight is 326 g/mol. The number of rotatable bonds is 3. The summed E-state index contributed by atoms with van der Waals surface area (Å²) in [4.78, 5) is 0. The van der Waals surface area contributed by atoms with E-state index in [1.807, 2.05) is 20.8 Å². The molecule has 0 saturated carbocycles. The van der Waals surface area contributed by atoms with Gasteiger partial charge in [0.1, 0.15) is 17.3 Å². The van der Waals surface area contributed by atoms with E-state index in [-0.39, 0.29) is 11.9 Å². The molecule has 1 aromatic carbocycles. The molecule has 0 aliphatic rings. The van der Waals surface area contributed by atoms with Crippen LogP contribution < -0.4 is 5.73 Å². The molecule has 1 aromatic heterocycles. The molecule has 19 heavy (non-hydrogen) atoms. The number of hydrogen-bond acceptors (Lipinski definition) is 2. The molecule has 102 valence electrons. The third-order valence-electron chi connectivity index (χ3n) is 3.44. The molecule has 0 bridgehead atoms. The summed E-state index contributed by atoms with van der Waals surface area (Å²) in [6.45, 7) is 5.84. The number of halogens is 2. The fraction of sp³-hybridized carbons (Fsp3) is 0.333. The molecule has 2 rings (SSSR count). The van der Waals surface area contributed by atoms with Crippen molar-refractivity contribution in [2.45, 2.75) is 33.2 Å². The first-order chi connectivity index (χ1) is 8.90. The first-order valence-electron chi connectivity index (χ1n) is 6.16. The number of hydrogen-bond donors (Lipinski definition) is 1. The molecule has 2 aromatic rings. The van der Waals surface area contributed by atoms with Gasteiger partial charge in [-0.1, -0.05) is 15.9 Å². The van der Waals surface area contributed by atoms with Crippen molar-refractivity contribution in [1.82, 2.24) is 0 Å². The quantitative estimate of drug-likeness (QED) is 0.911. The second-order valence-corrected chi connectivity index (χ2v) is 5.65. The van der Waals surface area contributed by atoms with Crippen LogP contribution in [0.25, 0.3) is 0 Å². The first-order valence-corrected chi connectivity index (χ1v) is 6.95. The largest absolute Gasteiger partial charge is 0.466 e. The van der Waals surface area contributed by atoms with Gasteiger partial charge in [-0.15, -0.1) is 0 Å². The van der Waals surface area contributed by atoms with E-state index in [4.69, 9.17) is 10.2 Å². The molecule has 1 heterocycles. The maximum atomic E-state index is 13.3. The van der Waals surface area contributed by atoms with Crippen LogP contribution in [0.4, 0.5) is 4.39 Å². The molecule has 1 unspecified atom stereocenters. The van der Waals surface area contributed by atoms with Crippen LogP contribution in [0.1, 0.15) is 34.3 Å². The Kier molecular flexibility index (Phi) is 4.11. The second kappa shape index (κ2) is 5.47. The Morgan fingerprint density at radius 3 is 2.53 bits per heavy atom. The minimum Gasteiger partial charge on any atom is -0.466 e. The van der Waals surface area contributed by atoms with Gasteiger partial charge in [0.15, 0.2) is 0 Å². The van der Waals surface area contributed by atoms with Crippen molar-refractivity contribution in [2.24, 2.45) is 5.73 Å². The van der Waals surface area contributed by atoms with E-state index in [2.05, 4.69) is 15.9 Å². The molecule has 2 N–H and O–H groups in total. The van der Waals surface area contributed by atoms with Crippen LogP contribution in [-0.2, 0) is 6.42 Å². The Hall–Kier alpha value is -1.13. The summed E-state index contributed by atoms with van der Waals surface area (Å²) in [5.74, 6) is 1.48. The lowest BCUT2D eigenvalue weighted by Crippen LogP contribution is -2.15. The van der Waals surface area contributed by atoms with E-state index in [1.54, 1.807) is 6.07 Å². The minimum atomic E-state index is -0.248. The van der Waals surface area contributed by atoms with Crippen molar-refractivity contribution in [3.8, 4) is 0 Å². The van der Waals surface area contributed by atoms with Gasteiger partial charge < -0.3 is 10.2 Å². The molecule has 4 heteroatoms. The van der Waals surface area contributed by atoms with Gasteiger partial charge in [-0.05, 0) is 56.5 Å². The Bertz CT molecular complexity index is 606. The highest BCUT2D eigenvalue weighted by molar-refractivity contribution is 9.10. The van der Waals surface area contributed by atoms with Crippen LogP contribution in [-0.4, -0.2) is 0 Å². The number of furan rings is 1. The molecular formula is C15H17BrFNO. The van der Waals surface area contributed by atoms with Gasteiger partial charge >= 0.3 is 0 Å². The van der Waals surface area contributed by atoms with Gasteiger partial charge in [-0.3, -0.25) is 0 Å². The highest BCUT2D eigenvalue weighted by Crippen LogP contribution is 2.29. The smallest absolute Gasteiger partial charge is 0.123 e. The Balaban J connectivity index is 2.30. The lowest BCUT2D eigenvalue weighted by molar-refractivity contribution is 0.496. The van der Waals surface area contributed by atoms with Crippen molar-refractivity contribution >= 4 is 15.9 Å². The molecule has 0 aliphatic carbocycles. The van der Waals surface area contributed by atoms with Crippen molar-refractivity contribution in [1.29, 1.82) is 0 Å². The highest BCUT2D eigenvalue weighted by Gasteiger charge is 2.19. The zero-order valence-electron chi connectivity index (χ0n) is 11.3. The molecule has 1 atom stereocenters. The van der Waals surface area contributed by atoms with Crippen molar-refractivity contribution < 1.29 is 8.81 Å². The molecule has 0 aliphatic heterocycles. The first kappa shape index (κ1) is 14.3. The molecule has 0 radical (unpaired) electrons. The van der Waals surface area contributed by atoms with Crippen LogP contribution >= 0.6 is 15.9 Å². The van der Waals surface area contributed by atoms with Gasteiger partial charge in [-0.25, -0.2) is 4.39 Å². The molecule has 0 fully saturated rings. The average Bonchev–Trinajstić information content (AvgIpc) is 2.58. The zero-order valence-corrected chi connectivity index (χ0v) is 12.8.